The number of hydrogen-bond acceptors (Lipinski definition) is 7. The van der Waals surface area contributed by atoms with Crippen molar-refractivity contribution in [3.8, 4) is 5.75 Å². The van der Waals surface area contributed by atoms with Crippen LogP contribution in [-0.4, -0.2) is 52.8 Å². The van der Waals surface area contributed by atoms with Crippen LogP contribution in [0.4, 0.5) is 10.5 Å². The second-order valence-corrected chi connectivity index (χ2v) is 8.94. The number of non-ortho nitro benzene ring substituents is 1. The number of nitrogens with zero attached hydrogens (tertiary/aromatic N) is 2. The van der Waals surface area contributed by atoms with Gasteiger partial charge in [-0.15, -0.1) is 0 Å². The van der Waals surface area contributed by atoms with Gasteiger partial charge in [0.25, 0.3) is 5.69 Å². The van der Waals surface area contributed by atoms with Gasteiger partial charge in [0.2, 0.25) is 0 Å². The minimum Gasteiger partial charge on any atom is -0.478 e. The summed E-state index contributed by atoms with van der Waals surface area (Å²) in [5.41, 5.74) is -1.45. The number of hydrogen-bond donors (Lipinski definition) is 0. The van der Waals surface area contributed by atoms with E-state index in [2.05, 4.69) is 0 Å². The zero-order valence-electron chi connectivity index (χ0n) is 18.8. The predicted octanol–water partition coefficient (Wildman–Crippen LogP) is 4.33. The molecule has 0 saturated carbocycles. The van der Waals surface area contributed by atoms with Gasteiger partial charge in [-0.25, -0.2) is 9.59 Å². The van der Waals surface area contributed by atoms with Crippen molar-refractivity contribution in [3.63, 3.8) is 0 Å². The lowest BCUT2D eigenvalue weighted by molar-refractivity contribution is -0.385. The third-order valence-electron chi connectivity index (χ3n) is 3.64. The number of carbonyl (C=O) groups excluding carboxylic acids is 2. The van der Waals surface area contributed by atoms with Gasteiger partial charge in [0.1, 0.15) is 17.0 Å². The fraction of sp³-hybridized carbons (Fsp3) is 0.619. The summed E-state index contributed by atoms with van der Waals surface area (Å²) in [6.07, 6.45) is -0.742. The molecule has 0 aliphatic rings. The van der Waals surface area contributed by atoms with Gasteiger partial charge >= 0.3 is 12.1 Å². The largest absolute Gasteiger partial charge is 0.478 e. The van der Waals surface area contributed by atoms with Gasteiger partial charge in [-0.05, 0) is 60.5 Å². The van der Waals surface area contributed by atoms with Crippen LogP contribution in [-0.2, 0) is 14.3 Å². The summed E-state index contributed by atoms with van der Waals surface area (Å²) < 4.78 is 16.4. The fourth-order valence-corrected chi connectivity index (χ4v) is 2.37. The Morgan fingerprint density at radius 3 is 2.23 bits per heavy atom. The summed E-state index contributed by atoms with van der Waals surface area (Å²) in [4.78, 5) is 36.5. The van der Waals surface area contributed by atoms with E-state index < -0.39 is 34.3 Å². The van der Waals surface area contributed by atoms with E-state index in [4.69, 9.17) is 14.2 Å². The maximum atomic E-state index is 12.6. The minimum atomic E-state index is -0.974. The third kappa shape index (κ3) is 9.58. The molecule has 0 aromatic heterocycles. The van der Waals surface area contributed by atoms with Crippen LogP contribution >= 0.6 is 0 Å². The Balaban J connectivity index is 2.82. The van der Waals surface area contributed by atoms with Crippen molar-refractivity contribution in [2.24, 2.45) is 0 Å². The molecule has 1 atom stereocenters. The molecule has 0 spiro atoms. The molecule has 0 fully saturated rings. The topological polar surface area (TPSA) is 108 Å². The number of benzene rings is 1. The van der Waals surface area contributed by atoms with Crippen molar-refractivity contribution in [2.75, 3.05) is 13.6 Å². The molecule has 1 amide bonds. The lowest BCUT2D eigenvalue weighted by Crippen LogP contribution is -2.37. The summed E-state index contributed by atoms with van der Waals surface area (Å²) in [6, 6.07) is 5.61. The van der Waals surface area contributed by atoms with Gasteiger partial charge in [0, 0.05) is 19.7 Å². The second kappa shape index (κ2) is 10.3. The maximum absolute atomic E-state index is 12.6. The van der Waals surface area contributed by atoms with Crippen molar-refractivity contribution < 1.29 is 28.7 Å². The molecule has 0 aliphatic carbocycles. The molecular weight excluding hydrogens is 392 g/mol. The number of rotatable bonds is 8. The highest BCUT2D eigenvalue weighted by molar-refractivity contribution is 5.75. The van der Waals surface area contributed by atoms with Crippen LogP contribution in [0.15, 0.2) is 24.3 Å². The number of nitro groups is 1. The van der Waals surface area contributed by atoms with Gasteiger partial charge in [-0.1, -0.05) is 6.07 Å². The molecule has 0 saturated heterocycles. The first kappa shape index (κ1) is 25.2. The van der Waals surface area contributed by atoms with E-state index in [-0.39, 0.29) is 17.9 Å². The number of nitro benzene ring substituents is 1. The molecule has 0 heterocycles. The van der Waals surface area contributed by atoms with Crippen LogP contribution in [0.1, 0.15) is 54.4 Å². The van der Waals surface area contributed by atoms with Crippen molar-refractivity contribution in [3.05, 3.63) is 34.4 Å². The van der Waals surface area contributed by atoms with Gasteiger partial charge in [0.15, 0.2) is 6.10 Å². The molecule has 0 aliphatic heterocycles. The highest BCUT2D eigenvalue weighted by Gasteiger charge is 2.28. The number of amides is 1. The fourth-order valence-electron chi connectivity index (χ4n) is 2.37. The Labute approximate surface area is 177 Å². The van der Waals surface area contributed by atoms with E-state index in [9.17, 15) is 19.7 Å². The van der Waals surface area contributed by atoms with Gasteiger partial charge in [0.05, 0.1) is 11.0 Å². The van der Waals surface area contributed by atoms with E-state index in [1.165, 1.54) is 29.2 Å². The first-order valence-corrected chi connectivity index (χ1v) is 9.76. The van der Waals surface area contributed by atoms with E-state index in [0.29, 0.717) is 13.0 Å². The average molecular weight is 424 g/mol. The van der Waals surface area contributed by atoms with Gasteiger partial charge in [-0.2, -0.15) is 0 Å². The molecular formula is C21H32N2O7. The van der Waals surface area contributed by atoms with Crippen molar-refractivity contribution in [1.82, 2.24) is 4.90 Å². The Morgan fingerprint density at radius 2 is 1.70 bits per heavy atom. The average Bonchev–Trinajstić information content (AvgIpc) is 2.57. The standard InChI is InChI=1S/C21H32N2O7/c1-20(2,3)29-18(24)17(28-16-11-8-10-15(14-16)23(26)27)12-9-13-22(7)19(25)30-21(4,5)6/h8,10-11,14,17H,9,12-13H2,1-7H3. The van der Waals surface area contributed by atoms with Crippen molar-refractivity contribution >= 4 is 17.7 Å². The van der Waals surface area contributed by atoms with Crippen LogP contribution in [0.5, 0.6) is 5.75 Å². The van der Waals surface area contributed by atoms with Crippen LogP contribution in [0.2, 0.25) is 0 Å². The van der Waals surface area contributed by atoms with E-state index >= 15 is 0 Å². The highest BCUT2D eigenvalue weighted by atomic mass is 16.6. The molecule has 30 heavy (non-hydrogen) atoms. The molecule has 0 N–H and O–H groups in total. The maximum Gasteiger partial charge on any atom is 0.410 e. The molecule has 1 rings (SSSR count). The van der Waals surface area contributed by atoms with E-state index in [1.54, 1.807) is 48.6 Å². The van der Waals surface area contributed by atoms with E-state index in [0.717, 1.165) is 0 Å². The molecule has 1 unspecified atom stereocenters. The molecule has 1 aromatic rings. The normalized spacial score (nSPS) is 12.6. The first-order chi connectivity index (χ1) is 13.7. The Morgan fingerprint density at radius 1 is 1.10 bits per heavy atom. The number of carbonyl (C=O) groups is 2. The molecule has 0 bridgehead atoms. The predicted molar refractivity (Wildman–Crippen MR) is 111 cm³/mol. The Hall–Kier alpha value is -2.84. The minimum absolute atomic E-state index is 0.139. The zero-order chi connectivity index (χ0) is 23.1. The lowest BCUT2D eigenvalue weighted by atomic mass is 10.1. The zero-order valence-corrected chi connectivity index (χ0v) is 18.8. The molecule has 0 radical (unpaired) electrons. The van der Waals surface area contributed by atoms with Crippen LogP contribution in [0, 0.1) is 10.1 Å². The summed E-state index contributed by atoms with van der Waals surface area (Å²) in [7, 11) is 1.61. The monoisotopic (exact) mass is 424 g/mol. The second-order valence-electron chi connectivity index (χ2n) is 8.94. The van der Waals surface area contributed by atoms with Crippen LogP contribution in [0.3, 0.4) is 0 Å². The molecule has 1 aromatic carbocycles. The summed E-state index contributed by atoms with van der Waals surface area (Å²) in [5.74, 6) is -0.380. The number of ether oxygens (including phenoxy) is 3. The van der Waals surface area contributed by atoms with Gasteiger partial charge in [-0.3, -0.25) is 10.1 Å². The van der Waals surface area contributed by atoms with Crippen molar-refractivity contribution in [2.45, 2.75) is 71.7 Å². The Bertz CT molecular complexity index is 750. The third-order valence-corrected chi connectivity index (χ3v) is 3.64. The van der Waals surface area contributed by atoms with Crippen LogP contribution in [0.25, 0.3) is 0 Å². The molecule has 9 nitrogen and oxygen atoms in total. The summed E-state index contributed by atoms with van der Waals surface area (Å²) in [6.45, 7) is 10.9. The van der Waals surface area contributed by atoms with Crippen molar-refractivity contribution in [1.29, 1.82) is 0 Å². The number of esters is 1. The Kier molecular flexibility index (Phi) is 8.62. The SMILES string of the molecule is CN(CCCC(Oc1cccc([N+](=O)[O-])c1)C(=O)OC(C)(C)C)C(=O)OC(C)(C)C. The molecule has 9 heteroatoms. The van der Waals surface area contributed by atoms with E-state index in [1.807, 2.05) is 0 Å². The lowest BCUT2D eigenvalue weighted by Gasteiger charge is -2.26. The quantitative estimate of drug-likeness (QED) is 0.347. The summed E-state index contributed by atoms with van der Waals surface area (Å²) in [5, 5.41) is 11.0. The highest BCUT2D eigenvalue weighted by Crippen LogP contribution is 2.22. The first-order valence-electron chi connectivity index (χ1n) is 9.76. The van der Waals surface area contributed by atoms with Gasteiger partial charge < -0.3 is 19.1 Å². The summed E-state index contributed by atoms with van der Waals surface area (Å²) >= 11 is 0. The van der Waals surface area contributed by atoms with Crippen LogP contribution < -0.4 is 4.74 Å². The smallest absolute Gasteiger partial charge is 0.410 e. The molecule has 168 valence electrons.